The molecule has 0 aliphatic heterocycles. The molecular weight excluding hydrogens is 306 g/mol. The molecule has 0 unspecified atom stereocenters. The Balaban J connectivity index is 1.88. The maximum absolute atomic E-state index is 12.1. The van der Waals surface area contributed by atoms with Gasteiger partial charge in [0.05, 0.1) is 12.4 Å². The first-order valence-corrected chi connectivity index (χ1v) is 8.49. The van der Waals surface area contributed by atoms with Crippen LogP contribution < -0.4 is 10.1 Å². The van der Waals surface area contributed by atoms with E-state index in [2.05, 4.69) is 15.5 Å². The van der Waals surface area contributed by atoms with E-state index in [-0.39, 0.29) is 5.78 Å². The zero-order valence-corrected chi connectivity index (χ0v) is 13.6. The van der Waals surface area contributed by atoms with Crippen molar-refractivity contribution in [2.45, 2.75) is 18.2 Å². The molecule has 2 rings (SSSR count). The van der Waals surface area contributed by atoms with Crippen molar-refractivity contribution in [1.29, 1.82) is 0 Å². The van der Waals surface area contributed by atoms with E-state index in [1.54, 1.807) is 12.1 Å². The quantitative estimate of drug-likeness (QED) is 0.594. The van der Waals surface area contributed by atoms with Crippen LogP contribution in [0.4, 0.5) is 5.13 Å². The van der Waals surface area contributed by atoms with Crippen LogP contribution in [0.15, 0.2) is 28.6 Å². The third-order valence-corrected chi connectivity index (χ3v) is 4.56. The van der Waals surface area contributed by atoms with E-state index in [1.807, 2.05) is 26.0 Å². The van der Waals surface area contributed by atoms with Crippen molar-refractivity contribution in [2.24, 2.45) is 0 Å². The summed E-state index contributed by atoms with van der Waals surface area (Å²) in [6.45, 7) is 5.36. The van der Waals surface area contributed by atoms with Crippen molar-refractivity contribution in [1.82, 2.24) is 10.2 Å². The zero-order valence-electron chi connectivity index (χ0n) is 12.0. The fraction of sp³-hybridized carbons (Fsp3) is 0.357. The van der Waals surface area contributed by atoms with Gasteiger partial charge in [0.1, 0.15) is 5.75 Å². The number of benzene rings is 1. The highest BCUT2D eigenvalue weighted by molar-refractivity contribution is 8.01. The number of ether oxygens (including phenoxy) is 1. The van der Waals surface area contributed by atoms with Gasteiger partial charge in [0, 0.05) is 12.1 Å². The van der Waals surface area contributed by atoms with Crippen molar-refractivity contribution in [3.05, 3.63) is 29.8 Å². The van der Waals surface area contributed by atoms with Gasteiger partial charge in [0.2, 0.25) is 5.13 Å². The van der Waals surface area contributed by atoms with Crippen molar-refractivity contribution in [2.75, 3.05) is 24.2 Å². The van der Waals surface area contributed by atoms with E-state index in [1.165, 1.54) is 23.1 Å². The Morgan fingerprint density at radius 1 is 1.29 bits per heavy atom. The number of hydrogen-bond donors (Lipinski definition) is 1. The molecule has 0 saturated carbocycles. The van der Waals surface area contributed by atoms with Gasteiger partial charge in [-0.05, 0) is 38.1 Å². The summed E-state index contributed by atoms with van der Waals surface area (Å²) in [7, 11) is 0. The second-order valence-corrected chi connectivity index (χ2v) is 6.27. The first kappa shape index (κ1) is 15.8. The smallest absolute Gasteiger partial charge is 0.206 e. The van der Waals surface area contributed by atoms with E-state index in [4.69, 9.17) is 4.74 Å². The van der Waals surface area contributed by atoms with Crippen LogP contribution in [0.5, 0.6) is 5.75 Å². The van der Waals surface area contributed by atoms with Gasteiger partial charge in [-0.25, -0.2) is 0 Å². The monoisotopic (exact) mass is 323 g/mol. The lowest BCUT2D eigenvalue weighted by atomic mass is 10.1. The number of nitrogens with zero attached hydrogens (tertiary/aromatic N) is 2. The normalized spacial score (nSPS) is 10.4. The first-order valence-electron chi connectivity index (χ1n) is 6.69. The summed E-state index contributed by atoms with van der Waals surface area (Å²) in [6.07, 6.45) is 0. The van der Waals surface area contributed by atoms with E-state index < -0.39 is 0 Å². The summed E-state index contributed by atoms with van der Waals surface area (Å²) in [5.74, 6) is 1.21. The van der Waals surface area contributed by atoms with Crippen LogP contribution in [-0.2, 0) is 0 Å². The molecule has 5 nitrogen and oxygen atoms in total. The molecule has 0 aliphatic rings. The van der Waals surface area contributed by atoms with Crippen LogP contribution in [0, 0.1) is 0 Å². The Labute approximate surface area is 132 Å². The molecule has 1 aromatic heterocycles. The van der Waals surface area contributed by atoms with E-state index in [0.717, 1.165) is 21.8 Å². The molecule has 0 bridgehead atoms. The predicted octanol–water partition coefficient (Wildman–Crippen LogP) is 3.34. The van der Waals surface area contributed by atoms with Crippen LogP contribution in [0.3, 0.4) is 0 Å². The Morgan fingerprint density at radius 3 is 2.71 bits per heavy atom. The van der Waals surface area contributed by atoms with Gasteiger partial charge in [0.25, 0.3) is 0 Å². The number of Topliss-reactive ketones (excluding diaryl/α,β-unsaturated/α-hetero) is 1. The SMILES string of the molecule is CCNc1nnc(SCC(=O)c2ccc(OCC)cc2)s1. The highest BCUT2D eigenvalue weighted by Crippen LogP contribution is 2.26. The Kier molecular flexibility index (Phi) is 6.01. The third-order valence-electron chi connectivity index (χ3n) is 2.55. The van der Waals surface area contributed by atoms with Gasteiger partial charge in [-0.1, -0.05) is 23.1 Å². The summed E-state index contributed by atoms with van der Waals surface area (Å²) < 4.78 is 6.15. The standard InChI is InChI=1S/C14H17N3O2S2/c1-3-15-13-16-17-14(21-13)20-9-12(18)10-5-7-11(8-6-10)19-4-2/h5-8H,3-4,9H2,1-2H3,(H,15,16). The van der Waals surface area contributed by atoms with Crippen LogP contribution >= 0.6 is 23.1 Å². The van der Waals surface area contributed by atoms with E-state index >= 15 is 0 Å². The molecular formula is C14H17N3O2S2. The molecule has 0 atom stereocenters. The number of rotatable bonds is 8. The minimum atomic E-state index is 0.0725. The summed E-state index contributed by atoms with van der Waals surface area (Å²) >= 11 is 2.87. The second-order valence-electron chi connectivity index (χ2n) is 4.07. The largest absolute Gasteiger partial charge is 0.494 e. The van der Waals surface area contributed by atoms with Crippen molar-refractivity contribution < 1.29 is 9.53 Å². The summed E-state index contributed by atoms with van der Waals surface area (Å²) in [5, 5.41) is 11.9. The van der Waals surface area contributed by atoms with Crippen molar-refractivity contribution in [3.8, 4) is 5.75 Å². The number of aromatic nitrogens is 2. The molecule has 21 heavy (non-hydrogen) atoms. The number of carbonyl (C=O) groups excluding carboxylic acids is 1. The highest BCUT2D eigenvalue weighted by atomic mass is 32.2. The number of hydrogen-bond acceptors (Lipinski definition) is 7. The van der Waals surface area contributed by atoms with Crippen molar-refractivity contribution >= 4 is 34.0 Å². The molecule has 0 aliphatic carbocycles. The van der Waals surface area contributed by atoms with Gasteiger partial charge in [-0.15, -0.1) is 10.2 Å². The lowest BCUT2D eigenvalue weighted by Gasteiger charge is -2.03. The maximum Gasteiger partial charge on any atom is 0.206 e. The minimum Gasteiger partial charge on any atom is -0.494 e. The fourth-order valence-electron chi connectivity index (χ4n) is 1.61. The molecule has 0 radical (unpaired) electrons. The van der Waals surface area contributed by atoms with Gasteiger partial charge in [-0.3, -0.25) is 4.79 Å². The molecule has 0 spiro atoms. The predicted molar refractivity (Wildman–Crippen MR) is 86.7 cm³/mol. The average molecular weight is 323 g/mol. The third kappa shape index (κ3) is 4.71. The van der Waals surface area contributed by atoms with Crippen molar-refractivity contribution in [3.63, 3.8) is 0 Å². The highest BCUT2D eigenvalue weighted by Gasteiger charge is 2.10. The maximum atomic E-state index is 12.1. The lowest BCUT2D eigenvalue weighted by Crippen LogP contribution is -2.02. The molecule has 1 aromatic carbocycles. The average Bonchev–Trinajstić information content (AvgIpc) is 2.94. The van der Waals surface area contributed by atoms with Crippen LogP contribution in [0.1, 0.15) is 24.2 Å². The Morgan fingerprint density at radius 2 is 2.05 bits per heavy atom. The van der Waals surface area contributed by atoms with Crippen LogP contribution in [0.25, 0.3) is 0 Å². The second kappa shape index (κ2) is 7.99. The Bertz CT molecular complexity index is 584. The molecule has 7 heteroatoms. The molecule has 0 fully saturated rings. The fourth-order valence-corrected chi connectivity index (χ4v) is 3.32. The van der Waals surface area contributed by atoms with E-state index in [0.29, 0.717) is 17.9 Å². The molecule has 0 amide bonds. The molecule has 112 valence electrons. The molecule has 2 aromatic rings. The molecule has 0 saturated heterocycles. The van der Waals surface area contributed by atoms with Gasteiger partial charge >= 0.3 is 0 Å². The number of nitrogens with one attached hydrogen (secondary N) is 1. The van der Waals surface area contributed by atoms with Crippen LogP contribution in [-0.4, -0.2) is 34.9 Å². The summed E-state index contributed by atoms with van der Waals surface area (Å²) in [6, 6.07) is 7.21. The summed E-state index contributed by atoms with van der Waals surface area (Å²) in [5.41, 5.74) is 0.683. The topological polar surface area (TPSA) is 64.1 Å². The zero-order chi connectivity index (χ0) is 15.1. The number of thioether (sulfide) groups is 1. The van der Waals surface area contributed by atoms with Gasteiger partial charge in [-0.2, -0.15) is 0 Å². The Hall–Kier alpha value is -1.60. The number of anilines is 1. The lowest BCUT2D eigenvalue weighted by molar-refractivity contribution is 0.102. The van der Waals surface area contributed by atoms with Gasteiger partial charge in [0.15, 0.2) is 10.1 Å². The van der Waals surface area contributed by atoms with Crippen LogP contribution in [0.2, 0.25) is 0 Å². The number of ketones is 1. The van der Waals surface area contributed by atoms with E-state index in [9.17, 15) is 4.79 Å². The summed E-state index contributed by atoms with van der Waals surface area (Å²) in [4.78, 5) is 12.1. The molecule has 1 N–H and O–H groups in total. The first-order chi connectivity index (χ1) is 10.2. The minimum absolute atomic E-state index is 0.0725. The number of carbonyl (C=O) groups is 1. The van der Waals surface area contributed by atoms with Gasteiger partial charge < -0.3 is 10.1 Å². The molecule has 1 heterocycles.